The number of methoxy groups -OCH3 is 4. The molecular formula is C20H21N3O6S. The van der Waals surface area contributed by atoms with Crippen molar-refractivity contribution in [2.45, 2.75) is 13.0 Å². The van der Waals surface area contributed by atoms with Crippen LogP contribution in [-0.2, 0) is 17.7 Å². The average Bonchev–Trinajstić information content (AvgIpc) is 3.13. The zero-order valence-electron chi connectivity index (χ0n) is 17.0. The largest absolute Gasteiger partial charge is 0.493 e. The minimum Gasteiger partial charge on any atom is -0.493 e. The van der Waals surface area contributed by atoms with Gasteiger partial charge in [-0.3, -0.25) is 4.79 Å². The third kappa shape index (κ3) is 3.84. The molecule has 1 N–H and O–H groups in total. The van der Waals surface area contributed by atoms with Crippen LogP contribution >= 0.6 is 11.3 Å². The number of hydrogen-bond acceptors (Lipinski definition) is 8. The molecule has 9 nitrogen and oxygen atoms in total. The molecular weight excluding hydrogens is 410 g/mol. The van der Waals surface area contributed by atoms with Crippen LogP contribution in [0.25, 0.3) is 0 Å². The third-order valence-electron chi connectivity index (χ3n) is 4.76. The summed E-state index contributed by atoms with van der Waals surface area (Å²) in [7, 11) is 5.74. The summed E-state index contributed by atoms with van der Waals surface area (Å²) in [4.78, 5) is 27.1. The molecule has 0 radical (unpaired) electrons. The Balaban J connectivity index is 1.91. The second-order valence-corrected chi connectivity index (χ2v) is 7.43. The fraction of sp³-hybridized carbons (Fsp3) is 0.350. The first-order valence-corrected chi connectivity index (χ1v) is 9.77. The summed E-state index contributed by atoms with van der Waals surface area (Å²) < 4.78 is 20.6. The number of carbonyl (C=O) groups excluding carboxylic acids is 2. The molecule has 158 valence electrons. The summed E-state index contributed by atoms with van der Waals surface area (Å²) in [5, 5.41) is 12.9. The topological polar surface area (TPSA) is 110 Å². The van der Waals surface area contributed by atoms with Crippen LogP contribution < -0.4 is 19.5 Å². The van der Waals surface area contributed by atoms with Crippen LogP contribution in [0, 0.1) is 11.3 Å². The van der Waals surface area contributed by atoms with E-state index in [2.05, 4.69) is 11.4 Å². The van der Waals surface area contributed by atoms with E-state index in [1.807, 2.05) is 0 Å². The highest BCUT2D eigenvalue weighted by atomic mass is 32.1. The lowest BCUT2D eigenvalue weighted by Gasteiger charge is -2.25. The molecule has 3 rings (SSSR count). The van der Waals surface area contributed by atoms with Gasteiger partial charge < -0.3 is 29.2 Å². The first-order chi connectivity index (χ1) is 14.5. The van der Waals surface area contributed by atoms with Crippen molar-refractivity contribution in [3.8, 4) is 23.3 Å². The molecule has 1 aromatic heterocycles. The molecule has 30 heavy (non-hydrogen) atoms. The summed E-state index contributed by atoms with van der Waals surface area (Å²) in [6.07, 6.45) is 0.0970. The number of hydrogen-bond donors (Lipinski definition) is 1. The van der Waals surface area contributed by atoms with E-state index < -0.39 is 12.0 Å². The predicted octanol–water partition coefficient (Wildman–Crippen LogP) is 3.02. The second-order valence-electron chi connectivity index (χ2n) is 6.33. The average molecular weight is 431 g/mol. The van der Waals surface area contributed by atoms with Gasteiger partial charge in [0.2, 0.25) is 5.75 Å². The fourth-order valence-electron chi connectivity index (χ4n) is 3.28. The number of nitriles is 1. The van der Waals surface area contributed by atoms with Crippen molar-refractivity contribution in [2.75, 3.05) is 40.3 Å². The summed E-state index contributed by atoms with van der Waals surface area (Å²) in [5.74, 6) is 0.654. The predicted molar refractivity (Wildman–Crippen MR) is 110 cm³/mol. The molecule has 0 aliphatic carbocycles. The Labute approximate surface area is 177 Å². The Hall–Kier alpha value is -3.45. The van der Waals surface area contributed by atoms with Crippen molar-refractivity contribution in [1.82, 2.24) is 4.90 Å². The van der Waals surface area contributed by atoms with Crippen molar-refractivity contribution in [2.24, 2.45) is 0 Å². The van der Waals surface area contributed by atoms with Crippen LogP contribution in [0.1, 0.15) is 26.4 Å². The molecule has 2 heterocycles. The van der Waals surface area contributed by atoms with E-state index in [-0.39, 0.29) is 5.56 Å². The normalized spacial score (nSPS) is 12.4. The molecule has 0 saturated carbocycles. The highest BCUT2D eigenvalue weighted by Gasteiger charge is 2.28. The van der Waals surface area contributed by atoms with Crippen LogP contribution in [0.5, 0.6) is 17.2 Å². The van der Waals surface area contributed by atoms with Crippen molar-refractivity contribution >= 4 is 28.3 Å². The van der Waals surface area contributed by atoms with Crippen molar-refractivity contribution in [1.29, 1.82) is 5.26 Å². The number of ether oxygens (including phenoxy) is 4. The lowest BCUT2D eigenvalue weighted by molar-refractivity contribution is 0.102. The molecule has 0 fully saturated rings. The summed E-state index contributed by atoms with van der Waals surface area (Å²) in [6, 6.07) is 5.25. The highest BCUT2D eigenvalue weighted by Crippen LogP contribution is 2.40. The maximum atomic E-state index is 12.9. The fourth-order valence-corrected chi connectivity index (χ4v) is 4.49. The molecule has 1 aliphatic heterocycles. The molecule has 1 aliphatic rings. The third-order valence-corrected chi connectivity index (χ3v) is 5.89. The standard InChI is InChI=1S/C20H21N3O6S/c1-26-14-7-11(8-15(27-2)17(14)28-3)18(24)22-19-13(9-21)12-5-6-23(20(25)29-4)10-16(12)30-19/h7-8H,5-6,10H2,1-4H3,(H,22,24). The highest BCUT2D eigenvalue weighted by molar-refractivity contribution is 7.16. The van der Waals surface area contributed by atoms with Gasteiger partial charge >= 0.3 is 6.09 Å². The van der Waals surface area contributed by atoms with Gasteiger partial charge in [-0.1, -0.05) is 0 Å². The van der Waals surface area contributed by atoms with Crippen LogP contribution in [0.15, 0.2) is 12.1 Å². The lowest BCUT2D eigenvalue weighted by Crippen LogP contribution is -2.35. The first-order valence-electron chi connectivity index (χ1n) is 8.96. The number of benzene rings is 1. The molecule has 1 aromatic carbocycles. The van der Waals surface area contributed by atoms with E-state index >= 15 is 0 Å². The van der Waals surface area contributed by atoms with Crippen LogP contribution in [-0.4, -0.2) is 51.9 Å². The van der Waals surface area contributed by atoms with Crippen molar-refractivity contribution in [3.63, 3.8) is 0 Å². The molecule has 2 amide bonds. The van der Waals surface area contributed by atoms with Gasteiger partial charge in [-0.25, -0.2) is 4.79 Å². The van der Waals surface area contributed by atoms with Gasteiger partial charge in [-0.05, 0) is 24.1 Å². The number of carbonyl (C=O) groups is 2. The lowest BCUT2D eigenvalue weighted by atomic mass is 10.0. The van der Waals surface area contributed by atoms with E-state index in [9.17, 15) is 14.9 Å². The first kappa shape index (κ1) is 21.3. The molecule has 2 aromatic rings. The van der Waals surface area contributed by atoms with Crippen molar-refractivity contribution < 1.29 is 28.5 Å². The van der Waals surface area contributed by atoms with Gasteiger partial charge in [-0.2, -0.15) is 5.26 Å². The smallest absolute Gasteiger partial charge is 0.409 e. The van der Waals surface area contributed by atoms with E-state index in [0.29, 0.717) is 47.3 Å². The summed E-state index contributed by atoms with van der Waals surface area (Å²) in [6.45, 7) is 0.784. The number of nitrogens with one attached hydrogen (secondary N) is 1. The minimum atomic E-state index is -0.422. The Morgan fingerprint density at radius 2 is 1.80 bits per heavy atom. The molecule has 0 spiro atoms. The van der Waals surface area contributed by atoms with Crippen LogP contribution in [0.2, 0.25) is 0 Å². The van der Waals surface area contributed by atoms with Gasteiger partial charge in [0.15, 0.2) is 11.5 Å². The van der Waals surface area contributed by atoms with E-state index in [0.717, 1.165) is 10.4 Å². The Kier molecular flexibility index (Phi) is 6.32. The molecule has 0 unspecified atom stereocenters. The number of fused-ring (bicyclic) bond motifs is 1. The van der Waals surface area contributed by atoms with E-state index in [4.69, 9.17) is 18.9 Å². The monoisotopic (exact) mass is 431 g/mol. The van der Waals surface area contributed by atoms with Gasteiger partial charge in [0.1, 0.15) is 11.1 Å². The van der Waals surface area contributed by atoms with Gasteiger partial charge in [0.25, 0.3) is 5.91 Å². The van der Waals surface area contributed by atoms with Crippen molar-refractivity contribution in [3.05, 3.63) is 33.7 Å². The van der Waals surface area contributed by atoms with E-state index in [1.165, 1.54) is 51.9 Å². The van der Waals surface area contributed by atoms with Gasteiger partial charge in [0.05, 0.1) is 40.5 Å². The Morgan fingerprint density at radius 3 is 2.33 bits per heavy atom. The van der Waals surface area contributed by atoms with E-state index in [1.54, 1.807) is 4.90 Å². The quantitative estimate of drug-likeness (QED) is 0.775. The SMILES string of the molecule is COC(=O)N1CCc2c(sc(NC(=O)c3cc(OC)c(OC)c(OC)c3)c2C#N)C1. The molecule has 0 saturated heterocycles. The molecule has 0 bridgehead atoms. The maximum Gasteiger partial charge on any atom is 0.409 e. The number of nitrogens with zero attached hydrogens (tertiary/aromatic N) is 2. The Bertz CT molecular complexity index is 1000. The number of anilines is 1. The molecule has 0 atom stereocenters. The van der Waals surface area contributed by atoms with Gasteiger partial charge in [0, 0.05) is 17.0 Å². The number of thiophene rings is 1. The molecule has 10 heteroatoms. The minimum absolute atomic E-state index is 0.288. The Morgan fingerprint density at radius 1 is 1.13 bits per heavy atom. The zero-order chi connectivity index (χ0) is 21.8. The summed E-state index contributed by atoms with van der Waals surface area (Å²) in [5.41, 5.74) is 1.55. The maximum absolute atomic E-state index is 12.9. The van der Waals surface area contributed by atoms with Crippen LogP contribution in [0.3, 0.4) is 0 Å². The number of rotatable bonds is 5. The zero-order valence-corrected chi connectivity index (χ0v) is 17.8. The second kappa shape index (κ2) is 8.92. The summed E-state index contributed by atoms with van der Waals surface area (Å²) >= 11 is 1.28. The number of amides is 2. The van der Waals surface area contributed by atoms with Gasteiger partial charge in [-0.15, -0.1) is 11.3 Å². The van der Waals surface area contributed by atoms with Crippen LogP contribution in [0.4, 0.5) is 9.80 Å².